The molecule has 0 atom stereocenters. The summed E-state index contributed by atoms with van der Waals surface area (Å²) in [5.74, 6) is 2.26. The first-order valence-corrected chi connectivity index (χ1v) is 11.4. The maximum atomic E-state index is 11.6. The second kappa shape index (κ2) is 8.94. The van der Waals surface area contributed by atoms with Crippen LogP contribution in [0.4, 0.5) is 23.1 Å². The van der Waals surface area contributed by atoms with Gasteiger partial charge in [-0.05, 0) is 79.5 Å². The van der Waals surface area contributed by atoms with Crippen molar-refractivity contribution in [3.05, 3.63) is 54.5 Å². The molecule has 2 aromatic heterocycles. The number of carbonyl (C=O) groups excluding carboxylic acids is 1. The number of carbonyl (C=O) groups is 1. The molecule has 0 bridgehead atoms. The zero-order valence-electron chi connectivity index (χ0n) is 18.3. The summed E-state index contributed by atoms with van der Waals surface area (Å²) in [6.07, 6.45) is 11.5. The normalized spacial score (nSPS) is 20.2. The number of hydrogen-bond acceptors (Lipinski definition) is 6. The van der Waals surface area contributed by atoms with Crippen LogP contribution in [0.1, 0.15) is 44.6 Å². The summed E-state index contributed by atoms with van der Waals surface area (Å²) in [4.78, 5) is 25.2. The van der Waals surface area contributed by atoms with E-state index in [1.165, 1.54) is 12.8 Å². The van der Waals surface area contributed by atoms with E-state index < -0.39 is 0 Å². The molecule has 0 unspecified atom stereocenters. The number of nitrogens with one attached hydrogen (secondary N) is 3. The molecule has 3 heterocycles. The molecule has 1 aliphatic heterocycles. The van der Waals surface area contributed by atoms with Crippen LogP contribution in [0.2, 0.25) is 0 Å². The van der Waals surface area contributed by atoms with Crippen molar-refractivity contribution in [2.24, 2.45) is 5.92 Å². The van der Waals surface area contributed by atoms with Crippen molar-refractivity contribution in [1.82, 2.24) is 15.0 Å². The van der Waals surface area contributed by atoms with E-state index >= 15 is 0 Å². The molecule has 164 valence electrons. The van der Waals surface area contributed by atoms with Gasteiger partial charge in [0.1, 0.15) is 5.82 Å². The number of pyridine rings is 1. The van der Waals surface area contributed by atoms with E-state index in [1.54, 1.807) is 12.4 Å². The van der Waals surface area contributed by atoms with Gasteiger partial charge in [0.15, 0.2) is 0 Å². The second-order valence-electron chi connectivity index (χ2n) is 8.84. The molecular formula is C25H28N6O. The average Bonchev–Trinajstić information content (AvgIpc) is 2.81. The van der Waals surface area contributed by atoms with Gasteiger partial charge in [0.2, 0.25) is 11.9 Å². The number of aromatic nitrogens is 3. The van der Waals surface area contributed by atoms with Gasteiger partial charge in [-0.15, -0.1) is 0 Å². The van der Waals surface area contributed by atoms with Crippen molar-refractivity contribution in [2.45, 2.75) is 51.5 Å². The zero-order valence-corrected chi connectivity index (χ0v) is 18.3. The van der Waals surface area contributed by atoms with Gasteiger partial charge in [0.25, 0.3) is 0 Å². The maximum absolute atomic E-state index is 11.6. The second-order valence-corrected chi connectivity index (χ2v) is 8.84. The largest absolute Gasteiger partial charge is 0.367 e. The molecule has 7 nitrogen and oxygen atoms in total. The van der Waals surface area contributed by atoms with Crippen LogP contribution in [-0.4, -0.2) is 26.9 Å². The van der Waals surface area contributed by atoms with Gasteiger partial charge in [-0.3, -0.25) is 9.78 Å². The smallest absolute Gasteiger partial charge is 0.229 e. The predicted octanol–water partition coefficient (Wildman–Crippen LogP) is 5.16. The lowest BCUT2D eigenvalue weighted by atomic mass is 9.87. The SMILES string of the molecule is CC1CCC(Nc2nc(Nc3ccc4c(c3)CCC(=O)N4)ncc2-c2ccncc2)CC1. The Morgan fingerprint density at radius 1 is 1.03 bits per heavy atom. The minimum Gasteiger partial charge on any atom is -0.367 e. The van der Waals surface area contributed by atoms with Gasteiger partial charge in [0.05, 0.1) is 0 Å². The lowest BCUT2D eigenvalue weighted by Gasteiger charge is -2.28. The highest BCUT2D eigenvalue weighted by molar-refractivity contribution is 5.94. The predicted molar refractivity (Wildman–Crippen MR) is 127 cm³/mol. The van der Waals surface area contributed by atoms with Crippen molar-refractivity contribution in [3.8, 4) is 11.1 Å². The first-order valence-electron chi connectivity index (χ1n) is 11.4. The summed E-state index contributed by atoms with van der Waals surface area (Å²) >= 11 is 0. The molecule has 1 fully saturated rings. The lowest BCUT2D eigenvalue weighted by molar-refractivity contribution is -0.116. The first-order chi connectivity index (χ1) is 15.6. The highest BCUT2D eigenvalue weighted by Gasteiger charge is 2.21. The van der Waals surface area contributed by atoms with Crippen molar-refractivity contribution >= 4 is 29.0 Å². The highest BCUT2D eigenvalue weighted by Crippen LogP contribution is 2.32. The minimum atomic E-state index is 0.0704. The van der Waals surface area contributed by atoms with Gasteiger partial charge < -0.3 is 16.0 Å². The fourth-order valence-corrected chi connectivity index (χ4v) is 4.48. The number of nitrogens with zero attached hydrogens (tertiary/aromatic N) is 3. The van der Waals surface area contributed by atoms with Crippen molar-refractivity contribution in [3.63, 3.8) is 0 Å². The molecule has 2 aliphatic rings. The molecule has 1 aliphatic carbocycles. The van der Waals surface area contributed by atoms with Gasteiger partial charge in [0, 0.05) is 48.0 Å². The quantitative estimate of drug-likeness (QED) is 0.520. The van der Waals surface area contributed by atoms with E-state index in [-0.39, 0.29) is 5.91 Å². The average molecular weight is 429 g/mol. The number of rotatable bonds is 5. The molecule has 5 rings (SSSR count). The zero-order chi connectivity index (χ0) is 21.9. The fourth-order valence-electron chi connectivity index (χ4n) is 4.48. The molecule has 3 N–H and O–H groups in total. The number of hydrogen-bond donors (Lipinski definition) is 3. The Morgan fingerprint density at radius 2 is 1.84 bits per heavy atom. The molecule has 1 saturated carbocycles. The standard InChI is InChI=1S/C25H28N6O/c1-16-2-5-19(6-3-16)28-24-21(17-10-12-26-13-11-17)15-27-25(31-24)29-20-7-8-22-18(14-20)4-9-23(32)30-22/h7-8,10-16,19H,2-6,9H2,1H3,(H,30,32)(H2,27,28,29,31). The van der Waals surface area contributed by atoms with Gasteiger partial charge in [-0.2, -0.15) is 4.98 Å². The third-order valence-electron chi connectivity index (χ3n) is 6.39. The number of benzene rings is 1. The number of aryl methyl sites for hydroxylation is 1. The van der Waals surface area contributed by atoms with Crippen LogP contribution < -0.4 is 16.0 Å². The van der Waals surface area contributed by atoms with Crippen LogP contribution in [-0.2, 0) is 11.2 Å². The van der Waals surface area contributed by atoms with Crippen LogP contribution >= 0.6 is 0 Å². The fraction of sp³-hybridized carbons (Fsp3) is 0.360. The summed E-state index contributed by atoms with van der Waals surface area (Å²) < 4.78 is 0. The van der Waals surface area contributed by atoms with E-state index in [4.69, 9.17) is 4.98 Å². The monoisotopic (exact) mass is 428 g/mol. The van der Waals surface area contributed by atoms with Crippen molar-refractivity contribution in [1.29, 1.82) is 0 Å². The molecule has 1 aromatic carbocycles. The minimum absolute atomic E-state index is 0.0704. The van der Waals surface area contributed by atoms with Crippen molar-refractivity contribution < 1.29 is 4.79 Å². The molecule has 0 spiro atoms. The Kier molecular flexibility index (Phi) is 5.71. The van der Waals surface area contributed by atoms with Crippen LogP contribution in [0.15, 0.2) is 48.9 Å². The van der Waals surface area contributed by atoms with Crippen LogP contribution in [0.25, 0.3) is 11.1 Å². The van der Waals surface area contributed by atoms with E-state index in [9.17, 15) is 4.79 Å². The third-order valence-corrected chi connectivity index (χ3v) is 6.39. The van der Waals surface area contributed by atoms with E-state index in [2.05, 4.69) is 38.9 Å². The summed E-state index contributed by atoms with van der Waals surface area (Å²) in [6.45, 7) is 2.33. The van der Waals surface area contributed by atoms with Crippen LogP contribution in [0.5, 0.6) is 0 Å². The lowest BCUT2D eigenvalue weighted by Crippen LogP contribution is -2.26. The number of fused-ring (bicyclic) bond motifs is 1. The third kappa shape index (κ3) is 4.56. The van der Waals surface area contributed by atoms with Gasteiger partial charge >= 0.3 is 0 Å². The number of amides is 1. The van der Waals surface area contributed by atoms with E-state index in [1.807, 2.05) is 30.5 Å². The summed E-state index contributed by atoms with van der Waals surface area (Å²) in [6, 6.07) is 10.3. The van der Waals surface area contributed by atoms with E-state index in [0.717, 1.165) is 59.1 Å². The Balaban J connectivity index is 1.41. The van der Waals surface area contributed by atoms with Crippen molar-refractivity contribution in [2.75, 3.05) is 16.0 Å². The Bertz CT molecular complexity index is 1110. The molecule has 7 heteroatoms. The molecule has 1 amide bonds. The van der Waals surface area contributed by atoms with Crippen LogP contribution in [0, 0.1) is 5.92 Å². The molecule has 3 aromatic rings. The number of anilines is 4. The topological polar surface area (TPSA) is 91.8 Å². The Hall–Kier alpha value is -3.48. The molecule has 0 radical (unpaired) electrons. The van der Waals surface area contributed by atoms with Gasteiger partial charge in [-0.25, -0.2) is 4.98 Å². The molecular weight excluding hydrogens is 400 g/mol. The summed E-state index contributed by atoms with van der Waals surface area (Å²) in [7, 11) is 0. The van der Waals surface area contributed by atoms with E-state index in [0.29, 0.717) is 18.4 Å². The highest BCUT2D eigenvalue weighted by atomic mass is 16.1. The molecule has 32 heavy (non-hydrogen) atoms. The summed E-state index contributed by atoms with van der Waals surface area (Å²) in [5.41, 5.74) is 4.94. The van der Waals surface area contributed by atoms with Crippen LogP contribution in [0.3, 0.4) is 0 Å². The Morgan fingerprint density at radius 3 is 2.66 bits per heavy atom. The molecule has 0 saturated heterocycles. The first kappa shape index (κ1) is 20.4. The Labute approximate surface area is 188 Å². The van der Waals surface area contributed by atoms with Gasteiger partial charge in [-0.1, -0.05) is 6.92 Å². The summed E-state index contributed by atoms with van der Waals surface area (Å²) in [5, 5.41) is 9.95. The maximum Gasteiger partial charge on any atom is 0.229 e.